The molecule has 0 bridgehead atoms. The van der Waals surface area contributed by atoms with Gasteiger partial charge >= 0.3 is 5.97 Å². The maximum atomic E-state index is 12.1. The van der Waals surface area contributed by atoms with Crippen LogP contribution in [0.15, 0.2) is 42.1 Å². The molecule has 0 aromatic heterocycles. The summed E-state index contributed by atoms with van der Waals surface area (Å²) in [5, 5.41) is 2.73. The SMILES string of the molecule is CCO[C@@H]1OC(=O)C=C1NC(=O)[C@@H]1CCCN1C.O=COCc1ccccc1. The molecule has 1 N–H and O–H groups in total. The summed E-state index contributed by atoms with van der Waals surface area (Å²) in [6.45, 7) is 3.95. The second-order valence-corrected chi connectivity index (χ2v) is 6.34. The molecule has 152 valence electrons. The molecule has 8 nitrogen and oxygen atoms in total. The third-order valence-electron chi connectivity index (χ3n) is 4.32. The molecule has 0 aliphatic carbocycles. The number of benzene rings is 1. The van der Waals surface area contributed by atoms with Crippen molar-refractivity contribution in [2.45, 2.75) is 38.7 Å². The maximum absolute atomic E-state index is 12.1. The molecule has 1 aromatic carbocycles. The molecule has 2 heterocycles. The lowest BCUT2D eigenvalue weighted by atomic mass is 10.2. The standard InChI is InChI=1S/C12H18N2O4.C8H8O2/c1-3-17-12-8(7-10(15)18-12)13-11(16)9-5-4-6-14(9)2;9-7-10-6-8-4-2-1-3-5-8/h7,9,12H,3-6H2,1-2H3,(H,13,16);1-5,7H,6H2/t9-,12+;/m0./s1. The number of carbonyl (C=O) groups excluding carboxylic acids is 3. The lowest BCUT2D eigenvalue weighted by Gasteiger charge is -2.20. The number of likely N-dealkylation sites (tertiary alicyclic amines) is 1. The van der Waals surface area contributed by atoms with E-state index in [1.165, 1.54) is 6.08 Å². The highest BCUT2D eigenvalue weighted by molar-refractivity contribution is 5.89. The van der Waals surface area contributed by atoms with Crippen LogP contribution in [0.3, 0.4) is 0 Å². The number of esters is 1. The fourth-order valence-electron chi connectivity index (χ4n) is 2.94. The fraction of sp³-hybridized carbons (Fsp3) is 0.450. The minimum absolute atomic E-state index is 0.107. The molecule has 1 amide bonds. The lowest BCUT2D eigenvalue weighted by Crippen LogP contribution is -2.42. The number of hydrogen-bond acceptors (Lipinski definition) is 7. The van der Waals surface area contributed by atoms with Gasteiger partial charge in [0.2, 0.25) is 12.2 Å². The van der Waals surface area contributed by atoms with Gasteiger partial charge in [-0.3, -0.25) is 14.5 Å². The van der Waals surface area contributed by atoms with Gasteiger partial charge in [-0.05, 0) is 38.9 Å². The van der Waals surface area contributed by atoms with Gasteiger partial charge in [-0.15, -0.1) is 0 Å². The molecule has 1 saturated heterocycles. The van der Waals surface area contributed by atoms with Crippen LogP contribution in [0.4, 0.5) is 0 Å². The number of rotatable bonds is 7. The van der Waals surface area contributed by atoms with Crippen molar-refractivity contribution >= 4 is 18.3 Å². The first kappa shape index (κ1) is 21.6. The molecule has 0 radical (unpaired) electrons. The Bertz CT molecular complexity index is 691. The summed E-state index contributed by atoms with van der Waals surface area (Å²) >= 11 is 0. The summed E-state index contributed by atoms with van der Waals surface area (Å²) in [6.07, 6.45) is 2.34. The van der Waals surface area contributed by atoms with Crippen molar-refractivity contribution in [3.8, 4) is 0 Å². The van der Waals surface area contributed by atoms with Crippen molar-refractivity contribution in [2.24, 2.45) is 0 Å². The van der Waals surface area contributed by atoms with Gasteiger partial charge < -0.3 is 19.5 Å². The first-order valence-electron chi connectivity index (χ1n) is 9.19. The second-order valence-electron chi connectivity index (χ2n) is 6.34. The van der Waals surface area contributed by atoms with Crippen LogP contribution < -0.4 is 5.32 Å². The molecular formula is C20H26N2O6. The molecule has 2 aliphatic rings. The van der Waals surface area contributed by atoms with Gasteiger partial charge in [0.15, 0.2) is 0 Å². The third-order valence-corrected chi connectivity index (χ3v) is 4.32. The Kier molecular flexibility index (Phi) is 8.64. The summed E-state index contributed by atoms with van der Waals surface area (Å²) in [7, 11) is 1.92. The van der Waals surface area contributed by atoms with Crippen molar-refractivity contribution in [3.05, 3.63) is 47.7 Å². The zero-order valence-corrected chi connectivity index (χ0v) is 16.1. The molecule has 2 atom stereocenters. The van der Waals surface area contributed by atoms with Gasteiger partial charge in [-0.2, -0.15) is 0 Å². The smallest absolute Gasteiger partial charge is 0.335 e. The predicted octanol–water partition coefficient (Wildman–Crippen LogP) is 1.36. The Balaban J connectivity index is 0.000000237. The van der Waals surface area contributed by atoms with Crippen LogP contribution in [0.25, 0.3) is 0 Å². The highest BCUT2D eigenvalue weighted by Gasteiger charge is 2.32. The van der Waals surface area contributed by atoms with Crippen LogP contribution in [-0.2, 0) is 35.2 Å². The van der Waals surface area contributed by atoms with Crippen LogP contribution in [-0.4, -0.2) is 55.8 Å². The Morgan fingerprint density at radius 2 is 2.11 bits per heavy atom. The van der Waals surface area contributed by atoms with Gasteiger partial charge in [0.1, 0.15) is 6.61 Å². The van der Waals surface area contributed by atoms with Crippen LogP contribution in [0, 0.1) is 0 Å². The molecule has 0 unspecified atom stereocenters. The molecule has 1 fully saturated rings. The summed E-state index contributed by atoms with van der Waals surface area (Å²) in [5.41, 5.74) is 1.40. The first-order chi connectivity index (χ1) is 13.5. The monoisotopic (exact) mass is 390 g/mol. The zero-order valence-electron chi connectivity index (χ0n) is 16.1. The summed E-state index contributed by atoms with van der Waals surface area (Å²) in [6, 6.07) is 9.41. The number of carbonyl (C=O) groups is 3. The minimum Gasteiger partial charge on any atom is -0.463 e. The molecular weight excluding hydrogens is 364 g/mol. The molecule has 0 spiro atoms. The van der Waals surface area contributed by atoms with E-state index in [1.807, 2.05) is 42.3 Å². The third kappa shape index (κ3) is 6.47. The fourth-order valence-corrected chi connectivity index (χ4v) is 2.94. The lowest BCUT2D eigenvalue weighted by molar-refractivity contribution is -0.159. The van der Waals surface area contributed by atoms with E-state index in [0.717, 1.165) is 24.9 Å². The van der Waals surface area contributed by atoms with Gasteiger partial charge in [-0.1, -0.05) is 30.3 Å². The average molecular weight is 390 g/mol. The van der Waals surface area contributed by atoms with Gasteiger partial charge in [0.25, 0.3) is 6.47 Å². The number of cyclic esters (lactones) is 1. The van der Waals surface area contributed by atoms with Crippen molar-refractivity contribution in [1.82, 2.24) is 10.2 Å². The van der Waals surface area contributed by atoms with Gasteiger partial charge in [0, 0.05) is 12.7 Å². The summed E-state index contributed by atoms with van der Waals surface area (Å²) < 4.78 is 14.7. The van der Waals surface area contributed by atoms with E-state index in [4.69, 9.17) is 9.47 Å². The molecule has 3 rings (SSSR count). The number of ether oxygens (including phenoxy) is 3. The van der Waals surface area contributed by atoms with Crippen molar-refractivity contribution in [3.63, 3.8) is 0 Å². The number of nitrogens with zero attached hydrogens (tertiary/aromatic N) is 1. The molecule has 28 heavy (non-hydrogen) atoms. The zero-order chi connectivity index (χ0) is 20.4. The van der Waals surface area contributed by atoms with Crippen molar-refractivity contribution in [1.29, 1.82) is 0 Å². The number of amides is 1. The average Bonchev–Trinajstić information content (AvgIpc) is 3.27. The van der Waals surface area contributed by atoms with E-state index in [1.54, 1.807) is 6.92 Å². The Hall–Kier alpha value is -2.71. The highest BCUT2D eigenvalue weighted by atomic mass is 16.7. The quantitative estimate of drug-likeness (QED) is 0.555. The van der Waals surface area contributed by atoms with Crippen molar-refractivity contribution < 1.29 is 28.6 Å². The van der Waals surface area contributed by atoms with Crippen LogP contribution in [0.1, 0.15) is 25.3 Å². The van der Waals surface area contributed by atoms with E-state index < -0.39 is 12.3 Å². The Morgan fingerprint density at radius 3 is 2.71 bits per heavy atom. The highest BCUT2D eigenvalue weighted by Crippen LogP contribution is 2.18. The van der Waals surface area contributed by atoms with Gasteiger partial charge in [-0.25, -0.2) is 4.79 Å². The van der Waals surface area contributed by atoms with Crippen molar-refractivity contribution in [2.75, 3.05) is 20.2 Å². The molecule has 0 saturated carbocycles. The normalized spacial score (nSPS) is 21.2. The van der Waals surface area contributed by atoms with E-state index >= 15 is 0 Å². The molecule has 8 heteroatoms. The van der Waals surface area contributed by atoms with E-state index in [-0.39, 0.29) is 11.9 Å². The van der Waals surface area contributed by atoms with E-state index in [2.05, 4.69) is 10.1 Å². The Morgan fingerprint density at radius 1 is 1.36 bits per heavy atom. The molecule has 1 aromatic rings. The van der Waals surface area contributed by atoms with Crippen LogP contribution in [0.5, 0.6) is 0 Å². The predicted molar refractivity (Wildman–Crippen MR) is 101 cm³/mol. The largest absolute Gasteiger partial charge is 0.463 e. The number of likely N-dealkylation sites (N-methyl/N-ethyl adjacent to an activating group) is 1. The Labute approximate surface area is 164 Å². The number of hydrogen-bond donors (Lipinski definition) is 1. The minimum atomic E-state index is -0.779. The topological polar surface area (TPSA) is 94.2 Å². The molecule has 2 aliphatic heterocycles. The van der Waals surface area contributed by atoms with Crippen LogP contribution >= 0.6 is 0 Å². The van der Waals surface area contributed by atoms with Crippen LogP contribution in [0.2, 0.25) is 0 Å². The number of nitrogens with one attached hydrogen (secondary N) is 1. The second kappa shape index (κ2) is 11.2. The summed E-state index contributed by atoms with van der Waals surface area (Å²) in [4.78, 5) is 35.0. The summed E-state index contributed by atoms with van der Waals surface area (Å²) in [5.74, 6) is -0.590. The first-order valence-corrected chi connectivity index (χ1v) is 9.19. The van der Waals surface area contributed by atoms with E-state index in [9.17, 15) is 14.4 Å². The van der Waals surface area contributed by atoms with E-state index in [0.29, 0.717) is 25.4 Å². The maximum Gasteiger partial charge on any atom is 0.335 e. The van der Waals surface area contributed by atoms with Gasteiger partial charge in [0.05, 0.1) is 11.7 Å².